The highest BCUT2D eigenvalue weighted by Gasteiger charge is 2.74. The van der Waals surface area contributed by atoms with E-state index >= 15 is 0 Å². The van der Waals surface area contributed by atoms with E-state index in [0.717, 1.165) is 11.1 Å². The Balaban J connectivity index is 1.24. The third-order valence-corrected chi connectivity index (χ3v) is 11.6. The Hall–Kier alpha value is -1.66. The van der Waals surface area contributed by atoms with Gasteiger partial charge in [0, 0.05) is 36.4 Å². The van der Waals surface area contributed by atoms with Gasteiger partial charge in [0.15, 0.2) is 5.78 Å². The standard InChI is InChI=1S/C29H38O10/c1-26-12-19-18(38-25-29(34,39-19)20(35-3)7-9-36-25)11-15(26)4-5-17-22(26)23(31)24(32)27(2)16(6-8-28(17,27)33)14-10-21(30)37-13-14/h10-11,16-20,22,24-25,32-34H,4-9,12-13H2,1-3H3. The molecule has 0 aromatic carbocycles. The molecule has 0 amide bonds. The maximum absolute atomic E-state index is 14.2. The number of ether oxygens (including phenoxy) is 5. The third-order valence-electron chi connectivity index (χ3n) is 11.6. The second-order valence-corrected chi connectivity index (χ2v) is 13.1. The summed E-state index contributed by atoms with van der Waals surface area (Å²) < 4.78 is 28.9. The van der Waals surface area contributed by atoms with E-state index in [2.05, 4.69) is 0 Å². The van der Waals surface area contributed by atoms with Crippen LogP contribution in [-0.2, 0) is 33.3 Å². The van der Waals surface area contributed by atoms with Gasteiger partial charge >= 0.3 is 5.97 Å². The quantitative estimate of drug-likeness (QED) is 0.341. The van der Waals surface area contributed by atoms with E-state index in [4.69, 9.17) is 23.7 Å². The number of methoxy groups -OCH3 is 1. The van der Waals surface area contributed by atoms with Gasteiger partial charge in [0.1, 0.15) is 24.9 Å². The van der Waals surface area contributed by atoms with Gasteiger partial charge in [-0.15, -0.1) is 0 Å². The number of aliphatic hydroxyl groups excluding tert-OH is 1. The van der Waals surface area contributed by atoms with Crippen molar-refractivity contribution < 1.29 is 48.6 Å². The fraction of sp³-hybridized carbons (Fsp3) is 0.793. The topological polar surface area (TPSA) is 141 Å². The predicted molar refractivity (Wildman–Crippen MR) is 133 cm³/mol. The fourth-order valence-electron chi connectivity index (χ4n) is 9.62. The van der Waals surface area contributed by atoms with E-state index in [-0.39, 0.29) is 24.2 Å². The molecule has 0 radical (unpaired) electrons. The average Bonchev–Trinajstić information content (AvgIpc) is 3.44. The van der Waals surface area contributed by atoms with Crippen LogP contribution in [0.2, 0.25) is 0 Å². The van der Waals surface area contributed by atoms with Crippen LogP contribution in [0, 0.1) is 28.6 Å². The summed E-state index contributed by atoms with van der Waals surface area (Å²) in [5, 5.41) is 35.6. The van der Waals surface area contributed by atoms with Crippen molar-refractivity contribution in [3.05, 3.63) is 23.3 Å². The van der Waals surface area contributed by atoms with Gasteiger partial charge in [0.05, 0.1) is 18.3 Å². The van der Waals surface area contributed by atoms with E-state index in [1.54, 1.807) is 6.92 Å². The summed E-state index contributed by atoms with van der Waals surface area (Å²) in [6, 6.07) is 0. The zero-order valence-electron chi connectivity index (χ0n) is 22.6. The lowest BCUT2D eigenvalue weighted by molar-refractivity contribution is -0.442. The number of Topliss-reactive ketones (excluding diaryl/α,β-unsaturated/α-hetero) is 1. The molecule has 5 fully saturated rings. The summed E-state index contributed by atoms with van der Waals surface area (Å²) in [6.45, 7) is 4.34. The molecule has 7 aliphatic rings. The van der Waals surface area contributed by atoms with Crippen molar-refractivity contribution in [2.45, 2.75) is 94.5 Å². The number of allylic oxidation sites excluding steroid dienone is 1. The Morgan fingerprint density at radius 2 is 1.92 bits per heavy atom. The molecule has 214 valence electrons. The van der Waals surface area contributed by atoms with Crippen LogP contribution in [-0.4, -0.2) is 89.5 Å². The minimum atomic E-state index is -1.77. The minimum absolute atomic E-state index is 0.130. The molecule has 2 saturated heterocycles. The molecule has 12 unspecified atom stereocenters. The first kappa shape index (κ1) is 26.3. The highest BCUT2D eigenvalue weighted by atomic mass is 16.8. The van der Waals surface area contributed by atoms with Gasteiger partial charge in [-0.2, -0.15) is 0 Å². The summed E-state index contributed by atoms with van der Waals surface area (Å²) in [6.07, 6.45) is 2.57. The van der Waals surface area contributed by atoms with Gasteiger partial charge in [0.2, 0.25) is 12.1 Å². The number of carbonyl (C=O) groups excluding carboxylic acids is 2. The van der Waals surface area contributed by atoms with E-state index in [9.17, 15) is 24.9 Å². The number of cyclic esters (lactones) is 1. The van der Waals surface area contributed by atoms with Gasteiger partial charge in [-0.05, 0) is 49.5 Å². The third kappa shape index (κ3) is 3.22. The molecule has 3 aliphatic heterocycles. The van der Waals surface area contributed by atoms with Crippen molar-refractivity contribution >= 4 is 11.8 Å². The van der Waals surface area contributed by atoms with Crippen molar-refractivity contribution in [3.63, 3.8) is 0 Å². The fourth-order valence-corrected chi connectivity index (χ4v) is 9.62. The van der Waals surface area contributed by atoms with E-state index in [1.165, 1.54) is 13.2 Å². The molecule has 0 aromatic heterocycles. The van der Waals surface area contributed by atoms with Crippen molar-refractivity contribution in [2.24, 2.45) is 28.6 Å². The Bertz CT molecular complexity index is 1160. The molecule has 0 aromatic rings. The summed E-state index contributed by atoms with van der Waals surface area (Å²) in [4.78, 5) is 26.1. The van der Waals surface area contributed by atoms with Crippen molar-refractivity contribution in [3.8, 4) is 0 Å². The van der Waals surface area contributed by atoms with Crippen molar-refractivity contribution in [1.29, 1.82) is 0 Å². The largest absolute Gasteiger partial charge is 0.458 e. The minimum Gasteiger partial charge on any atom is -0.458 e. The first-order valence-electron chi connectivity index (χ1n) is 14.2. The molecule has 10 nitrogen and oxygen atoms in total. The normalized spacial score (nSPS) is 54.4. The van der Waals surface area contributed by atoms with Gasteiger partial charge in [-0.3, -0.25) is 4.79 Å². The summed E-state index contributed by atoms with van der Waals surface area (Å²) in [5.41, 5.74) is -1.33. The van der Waals surface area contributed by atoms with Crippen LogP contribution in [0.4, 0.5) is 0 Å². The number of esters is 1. The summed E-state index contributed by atoms with van der Waals surface area (Å²) in [5.74, 6) is -3.80. The Morgan fingerprint density at radius 1 is 1.13 bits per heavy atom. The number of fused-ring (bicyclic) bond motifs is 7. The molecular formula is C29H38O10. The lowest BCUT2D eigenvalue weighted by Gasteiger charge is -2.63. The monoisotopic (exact) mass is 546 g/mol. The summed E-state index contributed by atoms with van der Waals surface area (Å²) in [7, 11) is 1.52. The zero-order chi connectivity index (χ0) is 27.5. The van der Waals surface area contributed by atoms with Crippen molar-refractivity contribution in [2.75, 3.05) is 20.3 Å². The number of hydrogen-bond acceptors (Lipinski definition) is 10. The lowest BCUT2D eigenvalue weighted by Crippen LogP contribution is -2.71. The maximum Gasteiger partial charge on any atom is 0.331 e. The van der Waals surface area contributed by atoms with Crippen LogP contribution in [0.25, 0.3) is 0 Å². The second-order valence-electron chi connectivity index (χ2n) is 13.1. The molecule has 10 heteroatoms. The first-order valence-corrected chi connectivity index (χ1v) is 14.2. The highest BCUT2D eigenvalue weighted by molar-refractivity contribution is 5.90. The van der Waals surface area contributed by atoms with Crippen molar-refractivity contribution in [1.82, 2.24) is 0 Å². The van der Waals surface area contributed by atoms with Crippen LogP contribution in [0.5, 0.6) is 0 Å². The molecular weight excluding hydrogens is 508 g/mol. The SMILES string of the molecule is COC1CCOC2OC3C=C4CCC5C(C(=O)C(O)C6(C)C(C7=CC(=O)OC7)CCC56O)C4(C)CC3OC12O. The number of carbonyl (C=O) groups is 2. The molecule has 0 spiro atoms. The maximum atomic E-state index is 14.2. The van der Waals surface area contributed by atoms with E-state index in [1.807, 2.05) is 13.0 Å². The van der Waals surface area contributed by atoms with E-state index in [0.29, 0.717) is 45.1 Å². The molecule has 39 heavy (non-hydrogen) atoms. The van der Waals surface area contributed by atoms with Crippen LogP contribution in [0.15, 0.2) is 23.3 Å². The smallest absolute Gasteiger partial charge is 0.331 e. The average molecular weight is 547 g/mol. The molecule has 7 rings (SSSR count). The molecule has 0 bridgehead atoms. The first-order chi connectivity index (χ1) is 18.5. The Kier molecular flexibility index (Phi) is 5.68. The Labute approximate surface area is 227 Å². The van der Waals surface area contributed by atoms with Crippen LogP contribution >= 0.6 is 0 Å². The van der Waals surface area contributed by atoms with Gasteiger partial charge < -0.3 is 39.0 Å². The second kappa shape index (κ2) is 8.44. The molecule has 4 aliphatic carbocycles. The number of aliphatic hydroxyl groups is 3. The van der Waals surface area contributed by atoms with Crippen LogP contribution < -0.4 is 0 Å². The number of hydrogen-bond donors (Lipinski definition) is 3. The molecule has 3 N–H and O–H groups in total. The van der Waals surface area contributed by atoms with Gasteiger partial charge in [0.25, 0.3) is 0 Å². The lowest BCUT2D eigenvalue weighted by atomic mass is 9.43. The van der Waals surface area contributed by atoms with Crippen LogP contribution in [0.1, 0.15) is 52.4 Å². The molecule has 12 atom stereocenters. The number of ketones is 1. The van der Waals surface area contributed by atoms with Crippen LogP contribution in [0.3, 0.4) is 0 Å². The predicted octanol–water partition coefficient (Wildman–Crippen LogP) is 1.16. The molecule has 3 heterocycles. The van der Waals surface area contributed by atoms with E-state index < -0.39 is 64.8 Å². The highest BCUT2D eigenvalue weighted by Crippen LogP contribution is 2.68. The zero-order valence-corrected chi connectivity index (χ0v) is 22.6. The molecule has 3 saturated carbocycles. The Morgan fingerprint density at radius 3 is 2.64 bits per heavy atom. The number of rotatable bonds is 2. The van der Waals surface area contributed by atoms with Gasteiger partial charge in [-0.1, -0.05) is 25.5 Å². The van der Waals surface area contributed by atoms with Gasteiger partial charge in [-0.25, -0.2) is 4.79 Å². The summed E-state index contributed by atoms with van der Waals surface area (Å²) >= 11 is 0.